The molecule has 0 fully saturated rings. The molecule has 2 aromatic carbocycles. The molecule has 2 rings (SSSR count). The average molecular weight is 336 g/mol. The van der Waals surface area contributed by atoms with Gasteiger partial charge in [-0.3, -0.25) is 13.8 Å². The SMILES string of the molecule is C[N+](C)(C)c1ccc(C=O)cc1.Cc1ccc(S(=O)(=O)O)cc1. The number of carbonyl (C=O) groups excluding carboxylic acids is 1. The molecule has 0 spiro atoms. The van der Waals surface area contributed by atoms with Gasteiger partial charge in [0.1, 0.15) is 12.0 Å². The van der Waals surface area contributed by atoms with Gasteiger partial charge in [-0.1, -0.05) is 17.7 Å². The van der Waals surface area contributed by atoms with Crippen molar-refractivity contribution in [1.82, 2.24) is 4.48 Å². The lowest BCUT2D eigenvalue weighted by Crippen LogP contribution is -2.34. The second kappa shape index (κ2) is 7.50. The number of hydrogen-bond acceptors (Lipinski definition) is 3. The highest BCUT2D eigenvalue weighted by Crippen LogP contribution is 2.16. The number of benzene rings is 2. The summed E-state index contributed by atoms with van der Waals surface area (Å²) in [5, 5.41) is 0. The lowest BCUT2D eigenvalue weighted by Gasteiger charge is -2.23. The van der Waals surface area contributed by atoms with Gasteiger partial charge < -0.3 is 0 Å². The van der Waals surface area contributed by atoms with E-state index in [1.54, 1.807) is 12.1 Å². The van der Waals surface area contributed by atoms with Crippen LogP contribution in [0.25, 0.3) is 0 Å². The minimum absolute atomic E-state index is 0.0666. The zero-order valence-electron chi connectivity index (χ0n) is 13.7. The van der Waals surface area contributed by atoms with E-state index < -0.39 is 10.1 Å². The Balaban J connectivity index is 0.000000231. The molecule has 0 saturated carbocycles. The van der Waals surface area contributed by atoms with Gasteiger partial charge in [0.15, 0.2) is 0 Å². The summed E-state index contributed by atoms with van der Waals surface area (Å²) in [7, 11) is 2.26. The van der Waals surface area contributed by atoms with E-state index in [0.717, 1.165) is 21.9 Å². The molecule has 0 aromatic heterocycles. The summed E-state index contributed by atoms with van der Waals surface area (Å²) >= 11 is 0. The molecular weight excluding hydrogens is 314 g/mol. The first kappa shape index (κ1) is 19.0. The molecule has 6 heteroatoms. The third kappa shape index (κ3) is 6.32. The lowest BCUT2D eigenvalue weighted by atomic mass is 10.2. The summed E-state index contributed by atoms with van der Waals surface area (Å²) in [5.41, 5.74) is 2.88. The molecule has 0 bridgehead atoms. The van der Waals surface area contributed by atoms with Crippen molar-refractivity contribution >= 4 is 22.1 Å². The maximum Gasteiger partial charge on any atom is 0.294 e. The van der Waals surface area contributed by atoms with E-state index in [0.29, 0.717) is 0 Å². The molecule has 124 valence electrons. The molecule has 0 unspecified atom stereocenters. The van der Waals surface area contributed by atoms with Crippen molar-refractivity contribution in [3.05, 3.63) is 59.7 Å². The molecule has 0 aliphatic rings. The van der Waals surface area contributed by atoms with Gasteiger partial charge >= 0.3 is 0 Å². The smallest absolute Gasteiger partial charge is 0.294 e. The van der Waals surface area contributed by atoms with Crippen LogP contribution in [0.3, 0.4) is 0 Å². The Bertz CT molecular complexity index is 743. The van der Waals surface area contributed by atoms with Gasteiger partial charge in [0, 0.05) is 5.56 Å². The van der Waals surface area contributed by atoms with Gasteiger partial charge in [-0.15, -0.1) is 0 Å². The third-order valence-electron chi connectivity index (χ3n) is 3.12. The molecule has 23 heavy (non-hydrogen) atoms. The topological polar surface area (TPSA) is 71.4 Å². The largest absolute Gasteiger partial charge is 0.298 e. The fraction of sp³-hybridized carbons (Fsp3) is 0.235. The van der Waals surface area contributed by atoms with Crippen molar-refractivity contribution in [1.29, 1.82) is 0 Å². The number of aryl methyl sites for hydroxylation is 1. The van der Waals surface area contributed by atoms with Crippen molar-refractivity contribution in [2.45, 2.75) is 11.8 Å². The van der Waals surface area contributed by atoms with Crippen LogP contribution in [0.4, 0.5) is 5.69 Å². The fourth-order valence-corrected chi connectivity index (χ4v) is 2.19. The number of quaternary nitrogens is 1. The highest BCUT2D eigenvalue weighted by atomic mass is 32.2. The highest BCUT2D eigenvalue weighted by Gasteiger charge is 2.10. The van der Waals surface area contributed by atoms with Crippen LogP contribution in [0.15, 0.2) is 53.4 Å². The molecule has 0 atom stereocenters. The second-order valence-electron chi connectivity index (χ2n) is 6.01. The molecule has 0 heterocycles. The Morgan fingerprint density at radius 1 is 0.913 bits per heavy atom. The van der Waals surface area contributed by atoms with E-state index >= 15 is 0 Å². The summed E-state index contributed by atoms with van der Waals surface area (Å²) in [6.07, 6.45) is 0.861. The van der Waals surface area contributed by atoms with E-state index in [1.807, 2.05) is 31.2 Å². The van der Waals surface area contributed by atoms with Crippen molar-refractivity contribution in [2.24, 2.45) is 0 Å². The van der Waals surface area contributed by atoms with E-state index in [2.05, 4.69) is 21.1 Å². The van der Waals surface area contributed by atoms with Crippen LogP contribution in [-0.2, 0) is 10.1 Å². The molecule has 0 radical (unpaired) electrons. The molecule has 0 aliphatic heterocycles. The monoisotopic (exact) mass is 336 g/mol. The van der Waals surface area contributed by atoms with Crippen LogP contribution in [0, 0.1) is 6.92 Å². The first-order valence-electron chi connectivity index (χ1n) is 6.95. The molecule has 5 nitrogen and oxygen atoms in total. The zero-order chi connectivity index (χ0) is 17.7. The van der Waals surface area contributed by atoms with E-state index in [1.165, 1.54) is 17.8 Å². The molecule has 0 saturated heterocycles. The Hall–Kier alpha value is -2.02. The third-order valence-corrected chi connectivity index (χ3v) is 3.99. The van der Waals surface area contributed by atoms with Crippen LogP contribution in [0.1, 0.15) is 15.9 Å². The van der Waals surface area contributed by atoms with E-state index in [-0.39, 0.29) is 4.90 Å². The Labute approximate surface area is 137 Å². The first-order chi connectivity index (χ1) is 10.5. The molecule has 0 amide bonds. The van der Waals surface area contributed by atoms with Crippen LogP contribution in [0.5, 0.6) is 0 Å². The van der Waals surface area contributed by atoms with Gasteiger partial charge in [0.05, 0.1) is 26.0 Å². The standard InChI is InChI=1S/C10H14NO.C7H8O3S/c1-11(2,3)10-6-4-9(8-12)5-7-10;1-6-2-4-7(5-3-6)11(8,9)10/h4-8H,1-3H3;2-5H,1H3,(H,8,9,10)/q+1;. The van der Waals surface area contributed by atoms with Gasteiger partial charge in [-0.2, -0.15) is 8.42 Å². The van der Waals surface area contributed by atoms with Gasteiger partial charge in [-0.25, -0.2) is 0 Å². The van der Waals surface area contributed by atoms with E-state index in [9.17, 15) is 13.2 Å². The fourth-order valence-electron chi connectivity index (χ4n) is 1.71. The first-order valence-corrected chi connectivity index (χ1v) is 8.39. The number of carbonyl (C=O) groups is 1. The summed E-state index contributed by atoms with van der Waals surface area (Å²) in [4.78, 5) is 10.3. The van der Waals surface area contributed by atoms with Crippen molar-refractivity contribution < 1.29 is 17.8 Å². The average Bonchev–Trinajstić information content (AvgIpc) is 2.46. The Kier molecular flexibility index (Phi) is 6.20. The van der Waals surface area contributed by atoms with E-state index in [4.69, 9.17) is 4.55 Å². The Morgan fingerprint density at radius 3 is 1.74 bits per heavy atom. The summed E-state index contributed by atoms with van der Waals surface area (Å²) in [6, 6.07) is 13.6. The lowest BCUT2D eigenvalue weighted by molar-refractivity contribution is 0.112. The van der Waals surface area contributed by atoms with Crippen LogP contribution >= 0.6 is 0 Å². The normalized spacial score (nSPS) is 11.3. The predicted molar refractivity (Wildman–Crippen MR) is 92.4 cm³/mol. The summed E-state index contributed by atoms with van der Waals surface area (Å²) in [6.45, 7) is 1.84. The summed E-state index contributed by atoms with van der Waals surface area (Å²) < 4.78 is 30.3. The summed E-state index contributed by atoms with van der Waals surface area (Å²) in [5.74, 6) is 0. The van der Waals surface area contributed by atoms with Gasteiger partial charge in [-0.05, 0) is 43.3 Å². The molecular formula is C17H22NO4S+. The number of rotatable bonds is 3. The van der Waals surface area contributed by atoms with Crippen molar-refractivity contribution in [3.63, 3.8) is 0 Å². The van der Waals surface area contributed by atoms with Gasteiger partial charge in [0.25, 0.3) is 10.1 Å². The number of nitrogens with zero attached hydrogens (tertiary/aromatic N) is 1. The predicted octanol–water partition coefficient (Wildman–Crippen LogP) is 2.94. The van der Waals surface area contributed by atoms with Gasteiger partial charge in [0.2, 0.25) is 0 Å². The number of aldehydes is 1. The van der Waals surface area contributed by atoms with Crippen LogP contribution < -0.4 is 4.48 Å². The Morgan fingerprint density at radius 2 is 1.39 bits per heavy atom. The minimum Gasteiger partial charge on any atom is -0.298 e. The highest BCUT2D eigenvalue weighted by molar-refractivity contribution is 7.85. The maximum atomic E-state index is 10.5. The van der Waals surface area contributed by atoms with Crippen molar-refractivity contribution in [2.75, 3.05) is 21.1 Å². The van der Waals surface area contributed by atoms with Crippen LogP contribution in [-0.4, -0.2) is 40.4 Å². The maximum absolute atomic E-state index is 10.5. The molecule has 0 aliphatic carbocycles. The van der Waals surface area contributed by atoms with Crippen LogP contribution in [0.2, 0.25) is 0 Å². The number of hydrogen-bond donors (Lipinski definition) is 1. The zero-order valence-corrected chi connectivity index (χ0v) is 14.5. The second-order valence-corrected chi connectivity index (χ2v) is 7.43. The van der Waals surface area contributed by atoms with Crippen molar-refractivity contribution in [3.8, 4) is 0 Å². The molecule has 1 N–H and O–H groups in total. The minimum atomic E-state index is -4.02. The quantitative estimate of drug-likeness (QED) is 0.531. The molecule has 2 aromatic rings.